The first-order valence-corrected chi connectivity index (χ1v) is 8.85. The Morgan fingerprint density at radius 3 is 2.80 bits per heavy atom. The van der Waals surface area contributed by atoms with Crippen LogP contribution in [-0.2, 0) is 9.59 Å². The number of hydrogen-bond donors (Lipinski definition) is 1. The van der Waals surface area contributed by atoms with E-state index in [1.54, 1.807) is 19.1 Å². The van der Waals surface area contributed by atoms with Crippen LogP contribution < -0.4 is 5.32 Å². The Kier molecular flexibility index (Phi) is 6.73. The summed E-state index contributed by atoms with van der Waals surface area (Å²) < 4.78 is 13.1. The molecule has 136 valence electrons. The largest absolute Gasteiger partial charge is 0.339 e. The highest BCUT2D eigenvalue weighted by Crippen LogP contribution is 2.22. The molecule has 1 unspecified atom stereocenters. The number of allylic oxidation sites excluding steroid dienone is 1. The predicted molar refractivity (Wildman–Crippen MR) is 97.7 cm³/mol. The summed E-state index contributed by atoms with van der Waals surface area (Å²) in [5.74, 6) is 0.0423. The van der Waals surface area contributed by atoms with Crippen molar-refractivity contribution in [3.63, 3.8) is 0 Å². The Hall–Kier alpha value is -2.17. The van der Waals surface area contributed by atoms with Crippen LogP contribution in [0.5, 0.6) is 0 Å². The van der Waals surface area contributed by atoms with Crippen LogP contribution in [0.2, 0.25) is 0 Å². The highest BCUT2D eigenvalue weighted by Gasteiger charge is 2.23. The zero-order chi connectivity index (χ0) is 18.4. The summed E-state index contributed by atoms with van der Waals surface area (Å²) >= 11 is 0. The molecular weight excluding hydrogens is 319 g/mol. The van der Waals surface area contributed by atoms with E-state index >= 15 is 0 Å². The average Bonchev–Trinajstić information content (AvgIpc) is 2.55. The lowest BCUT2D eigenvalue weighted by Crippen LogP contribution is -2.39. The third-order valence-corrected chi connectivity index (χ3v) is 4.49. The molecule has 2 amide bonds. The molecule has 1 N–H and O–H groups in total. The lowest BCUT2D eigenvalue weighted by Gasteiger charge is -2.32. The number of carbonyl (C=O) groups excluding carboxylic acids is 2. The van der Waals surface area contributed by atoms with Gasteiger partial charge in [0.05, 0.1) is 0 Å². The monoisotopic (exact) mass is 346 g/mol. The number of hydrogen-bond acceptors (Lipinski definition) is 2. The molecule has 5 heteroatoms. The van der Waals surface area contributed by atoms with Crippen LogP contribution in [0.15, 0.2) is 29.8 Å². The standard InChI is InChI=1S/C20H27FN2O2/c1-14(2)11-20(25)23-10-4-5-16(13-23)6-9-19(24)22-18-8-7-17(21)12-15(18)3/h7-8,11-12,16H,4-6,9-10,13H2,1-3H3,(H,22,24). The number of benzene rings is 1. The lowest BCUT2D eigenvalue weighted by atomic mass is 9.93. The van der Waals surface area contributed by atoms with E-state index in [1.165, 1.54) is 12.1 Å². The summed E-state index contributed by atoms with van der Waals surface area (Å²) in [6, 6.07) is 4.34. The van der Waals surface area contributed by atoms with Crippen molar-refractivity contribution >= 4 is 17.5 Å². The molecule has 0 saturated carbocycles. The fourth-order valence-electron chi connectivity index (χ4n) is 3.15. The summed E-state index contributed by atoms with van der Waals surface area (Å²) in [5, 5.41) is 2.84. The second-order valence-electron chi connectivity index (χ2n) is 7.06. The van der Waals surface area contributed by atoms with E-state index in [0.717, 1.165) is 31.4 Å². The van der Waals surface area contributed by atoms with E-state index in [2.05, 4.69) is 5.32 Å². The first-order chi connectivity index (χ1) is 11.8. The van der Waals surface area contributed by atoms with Gasteiger partial charge in [-0.2, -0.15) is 0 Å². The fourth-order valence-corrected chi connectivity index (χ4v) is 3.15. The number of carbonyl (C=O) groups is 2. The third kappa shape index (κ3) is 6.00. The molecule has 4 nitrogen and oxygen atoms in total. The van der Waals surface area contributed by atoms with E-state index in [9.17, 15) is 14.0 Å². The molecule has 25 heavy (non-hydrogen) atoms. The van der Waals surface area contributed by atoms with Crippen molar-refractivity contribution in [2.45, 2.75) is 46.5 Å². The molecule has 0 bridgehead atoms. The van der Waals surface area contributed by atoms with Gasteiger partial charge in [0.2, 0.25) is 11.8 Å². The first-order valence-electron chi connectivity index (χ1n) is 8.85. The van der Waals surface area contributed by atoms with Gasteiger partial charge in [0, 0.05) is 31.3 Å². The van der Waals surface area contributed by atoms with Crippen molar-refractivity contribution in [3.8, 4) is 0 Å². The van der Waals surface area contributed by atoms with Crippen LogP contribution in [0.1, 0.15) is 45.1 Å². The smallest absolute Gasteiger partial charge is 0.246 e. The fraction of sp³-hybridized carbons (Fsp3) is 0.500. The predicted octanol–water partition coefficient (Wildman–Crippen LogP) is 4.06. The molecule has 1 heterocycles. The van der Waals surface area contributed by atoms with E-state index in [-0.39, 0.29) is 17.6 Å². The summed E-state index contributed by atoms with van der Waals surface area (Å²) in [5.41, 5.74) is 2.36. The van der Waals surface area contributed by atoms with Crippen molar-refractivity contribution in [2.75, 3.05) is 18.4 Å². The normalized spacial score (nSPS) is 17.1. The van der Waals surface area contributed by atoms with E-state index in [1.807, 2.05) is 18.7 Å². The van der Waals surface area contributed by atoms with Crippen LogP contribution in [0.25, 0.3) is 0 Å². The van der Waals surface area contributed by atoms with Crippen LogP contribution in [0.4, 0.5) is 10.1 Å². The Morgan fingerprint density at radius 2 is 2.12 bits per heavy atom. The molecule has 1 aromatic rings. The molecule has 0 aliphatic carbocycles. The maximum Gasteiger partial charge on any atom is 0.246 e. The van der Waals surface area contributed by atoms with Crippen molar-refractivity contribution in [1.82, 2.24) is 4.90 Å². The molecule has 0 aromatic heterocycles. The number of piperidine rings is 1. The van der Waals surface area contributed by atoms with Gasteiger partial charge >= 0.3 is 0 Å². The van der Waals surface area contributed by atoms with E-state index in [0.29, 0.717) is 30.1 Å². The first kappa shape index (κ1) is 19.2. The Bertz CT molecular complexity index is 666. The number of halogens is 1. The van der Waals surface area contributed by atoms with Crippen LogP contribution in [0, 0.1) is 18.7 Å². The van der Waals surface area contributed by atoms with Crippen LogP contribution in [0.3, 0.4) is 0 Å². The zero-order valence-corrected chi connectivity index (χ0v) is 15.3. The molecule has 0 radical (unpaired) electrons. The number of rotatable bonds is 5. The van der Waals surface area contributed by atoms with Crippen molar-refractivity contribution < 1.29 is 14.0 Å². The number of likely N-dealkylation sites (tertiary alicyclic amines) is 1. The molecule has 1 aliphatic heterocycles. The minimum Gasteiger partial charge on any atom is -0.339 e. The second kappa shape index (κ2) is 8.79. The Morgan fingerprint density at radius 1 is 1.36 bits per heavy atom. The quantitative estimate of drug-likeness (QED) is 0.818. The van der Waals surface area contributed by atoms with Gasteiger partial charge in [0.25, 0.3) is 0 Å². The minimum absolute atomic E-state index is 0.0658. The third-order valence-electron chi connectivity index (χ3n) is 4.49. The zero-order valence-electron chi connectivity index (χ0n) is 15.3. The molecular formula is C20H27FN2O2. The number of nitrogens with one attached hydrogen (secondary N) is 1. The maximum atomic E-state index is 13.1. The molecule has 1 atom stereocenters. The molecule has 2 rings (SSSR count). The van der Waals surface area contributed by atoms with Gasteiger partial charge in [0.1, 0.15) is 5.82 Å². The van der Waals surface area contributed by atoms with Gasteiger partial charge in [-0.25, -0.2) is 4.39 Å². The van der Waals surface area contributed by atoms with E-state index in [4.69, 9.17) is 0 Å². The van der Waals surface area contributed by atoms with Gasteiger partial charge in [-0.05, 0) is 69.7 Å². The summed E-state index contributed by atoms with van der Waals surface area (Å²) in [4.78, 5) is 26.2. The van der Waals surface area contributed by atoms with Gasteiger partial charge in [-0.3, -0.25) is 9.59 Å². The highest BCUT2D eigenvalue weighted by atomic mass is 19.1. The topological polar surface area (TPSA) is 49.4 Å². The minimum atomic E-state index is -0.307. The number of anilines is 1. The van der Waals surface area contributed by atoms with E-state index < -0.39 is 0 Å². The van der Waals surface area contributed by atoms with Gasteiger partial charge in [-0.15, -0.1) is 0 Å². The number of amides is 2. The maximum absolute atomic E-state index is 13.1. The molecule has 0 spiro atoms. The highest BCUT2D eigenvalue weighted by molar-refractivity contribution is 5.91. The summed E-state index contributed by atoms with van der Waals surface area (Å²) in [7, 11) is 0. The van der Waals surface area contributed by atoms with Crippen molar-refractivity contribution in [3.05, 3.63) is 41.2 Å². The van der Waals surface area contributed by atoms with Gasteiger partial charge in [0.15, 0.2) is 0 Å². The van der Waals surface area contributed by atoms with Crippen LogP contribution >= 0.6 is 0 Å². The number of aryl methyl sites for hydroxylation is 1. The van der Waals surface area contributed by atoms with Gasteiger partial charge < -0.3 is 10.2 Å². The van der Waals surface area contributed by atoms with Gasteiger partial charge in [-0.1, -0.05) is 5.57 Å². The Balaban J connectivity index is 1.83. The molecule has 1 saturated heterocycles. The average molecular weight is 346 g/mol. The van der Waals surface area contributed by atoms with Crippen LogP contribution in [-0.4, -0.2) is 29.8 Å². The van der Waals surface area contributed by atoms with Crippen molar-refractivity contribution in [1.29, 1.82) is 0 Å². The molecule has 1 aliphatic rings. The molecule has 1 fully saturated rings. The summed E-state index contributed by atoms with van der Waals surface area (Å²) in [6.45, 7) is 7.11. The second-order valence-corrected chi connectivity index (χ2v) is 7.06. The van der Waals surface area contributed by atoms with Crippen molar-refractivity contribution in [2.24, 2.45) is 5.92 Å². The number of nitrogens with zero attached hydrogens (tertiary/aromatic N) is 1. The Labute approximate surface area is 149 Å². The lowest BCUT2D eigenvalue weighted by molar-refractivity contribution is -0.127. The molecule has 1 aromatic carbocycles. The summed E-state index contributed by atoms with van der Waals surface area (Å²) in [6.07, 6.45) is 4.86. The SMILES string of the molecule is CC(C)=CC(=O)N1CCCC(CCC(=O)Nc2ccc(F)cc2C)C1.